The van der Waals surface area contributed by atoms with Crippen molar-refractivity contribution in [2.45, 2.75) is 13.0 Å². The summed E-state index contributed by atoms with van der Waals surface area (Å²) in [6.07, 6.45) is 7.23. The van der Waals surface area contributed by atoms with Crippen LogP contribution in [0, 0.1) is 5.92 Å². The molecular formula is C30H30ClN7O2. The van der Waals surface area contributed by atoms with Crippen molar-refractivity contribution in [1.82, 2.24) is 24.8 Å². The van der Waals surface area contributed by atoms with Crippen molar-refractivity contribution in [2.75, 3.05) is 50.1 Å². The van der Waals surface area contributed by atoms with Crippen LogP contribution in [0.25, 0.3) is 16.8 Å². The fraction of sp³-hybridized carbons (Fsp3) is 0.300. The largest absolute Gasteiger partial charge is 0.467 e. The average Bonchev–Trinajstić information content (AvgIpc) is 2.97. The standard InChI is InChI=1S/C30H30ClN7O2/c1-36(15-20-16-38(17-20)27(39)10-9-22-11-13-32-19-33-22)29-23-12-14-37(18-25(23)34-30(35-29)40-2)26-8-4-6-21-5-3-7-24(31)28(21)26/h3-11,13,19-20H,12,14-18H2,1-2H3/b10-9+. The Hall–Kier alpha value is -4.24. The second-order valence-corrected chi connectivity index (χ2v) is 10.6. The number of fused-ring (bicyclic) bond motifs is 2. The molecule has 2 aromatic carbocycles. The number of hydrogen-bond donors (Lipinski definition) is 0. The van der Waals surface area contributed by atoms with Gasteiger partial charge in [-0.15, -0.1) is 0 Å². The van der Waals surface area contributed by atoms with E-state index >= 15 is 0 Å². The third kappa shape index (κ3) is 5.16. The Kier molecular flexibility index (Phi) is 7.21. The van der Waals surface area contributed by atoms with E-state index in [-0.39, 0.29) is 5.91 Å². The molecule has 0 unspecified atom stereocenters. The number of methoxy groups -OCH3 is 1. The number of carbonyl (C=O) groups excluding carboxylic acids is 1. The van der Waals surface area contributed by atoms with Crippen LogP contribution < -0.4 is 14.5 Å². The number of benzene rings is 2. The molecule has 0 N–H and O–H groups in total. The Morgan fingerprint density at radius 2 is 2.00 bits per heavy atom. The summed E-state index contributed by atoms with van der Waals surface area (Å²) in [5, 5.41) is 2.93. The third-order valence-electron chi connectivity index (χ3n) is 7.54. The number of nitrogens with zero attached hydrogens (tertiary/aromatic N) is 7. The zero-order valence-corrected chi connectivity index (χ0v) is 23.3. The molecule has 0 aliphatic carbocycles. The van der Waals surface area contributed by atoms with Gasteiger partial charge in [0.2, 0.25) is 5.91 Å². The molecule has 2 aliphatic rings. The Morgan fingerprint density at radius 1 is 1.18 bits per heavy atom. The monoisotopic (exact) mass is 555 g/mol. The molecule has 10 heteroatoms. The van der Waals surface area contributed by atoms with Gasteiger partial charge in [0, 0.05) is 68.1 Å². The van der Waals surface area contributed by atoms with E-state index in [0.717, 1.165) is 58.1 Å². The molecule has 0 saturated carbocycles. The van der Waals surface area contributed by atoms with E-state index < -0.39 is 0 Å². The molecule has 0 radical (unpaired) electrons. The Morgan fingerprint density at radius 3 is 2.77 bits per heavy atom. The van der Waals surface area contributed by atoms with Crippen LogP contribution in [0.15, 0.2) is 61.1 Å². The molecule has 1 fully saturated rings. The van der Waals surface area contributed by atoms with Gasteiger partial charge in [-0.3, -0.25) is 4.79 Å². The molecule has 40 heavy (non-hydrogen) atoms. The van der Waals surface area contributed by atoms with E-state index in [1.165, 1.54) is 6.33 Å². The Balaban J connectivity index is 1.15. The summed E-state index contributed by atoms with van der Waals surface area (Å²) in [5.41, 5.74) is 3.93. The molecule has 2 aromatic heterocycles. The van der Waals surface area contributed by atoms with Crippen LogP contribution >= 0.6 is 11.6 Å². The lowest BCUT2D eigenvalue weighted by Crippen LogP contribution is -2.53. The predicted molar refractivity (Wildman–Crippen MR) is 157 cm³/mol. The normalized spacial score (nSPS) is 15.3. The van der Waals surface area contributed by atoms with Crippen LogP contribution in [0.3, 0.4) is 0 Å². The van der Waals surface area contributed by atoms with E-state index in [4.69, 9.17) is 26.3 Å². The summed E-state index contributed by atoms with van der Waals surface area (Å²) in [6, 6.07) is 14.4. The van der Waals surface area contributed by atoms with E-state index in [9.17, 15) is 4.79 Å². The van der Waals surface area contributed by atoms with E-state index in [1.807, 2.05) is 17.0 Å². The zero-order valence-electron chi connectivity index (χ0n) is 22.5. The van der Waals surface area contributed by atoms with Gasteiger partial charge in [-0.05, 0) is 36.1 Å². The fourth-order valence-corrected chi connectivity index (χ4v) is 5.82. The lowest BCUT2D eigenvalue weighted by molar-refractivity contribution is -0.131. The number of hydrogen-bond acceptors (Lipinski definition) is 8. The van der Waals surface area contributed by atoms with Crippen LogP contribution in [0.1, 0.15) is 17.0 Å². The lowest BCUT2D eigenvalue weighted by Gasteiger charge is -2.41. The molecule has 204 valence electrons. The smallest absolute Gasteiger partial charge is 0.318 e. The van der Waals surface area contributed by atoms with Crippen molar-refractivity contribution in [1.29, 1.82) is 0 Å². The van der Waals surface area contributed by atoms with Gasteiger partial charge in [0.25, 0.3) is 0 Å². The minimum Gasteiger partial charge on any atom is -0.467 e. The van der Waals surface area contributed by atoms with Gasteiger partial charge in [0.1, 0.15) is 12.1 Å². The predicted octanol–water partition coefficient (Wildman–Crippen LogP) is 4.25. The molecule has 6 rings (SSSR count). The molecule has 4 heterocycles. The van der Waals surface area contributed by atoms with Crippen molar-refractivity contribution >= 4 is 45.9 Å². The lowest BCUT2D eigenvalue weighted by atomic mass is 9.98. The average molecular weight is 556 g/mol. The van der Waals surface area contributed by atoms with Gasteiger partial charge in [-0.2, -0.15) is 9.97 Å². The zero-order chi connectivity index (χ0) is 27.6. The first-order valence-corrected chi connectivity index (χ1v) is 13.7. The molecule has 4 aromatic rings. The molecule has 0 spiro atoms. The van der Waals surface area contributed by atoms with Gasteiger partial charge < -0.3 is 19.4 Å². The van der Waals surface area contributed by atoms with Crippen molar-refractivity contribution in [2.24, 2.45) is 5.92 Å². The molecule has 9 nitrogen and oxygen atoms in total. The number of rotatable bonds is 7. The number of carbonyl (C=O) groups is 1. The Labute approximate surface area is 238 Å². The summed E-state index contributed by atoms with van der Waals surface area (Å²) in [6.45, 7) is 3.67. The number of aromatic nitrogens is 4. The highest BCUT2D eigenvalue weighted by Crippen LogP contribution is 2.37. The molecule has 1 saturated heterocycles. The molecular weight excluding hydrogens is 526 g/mol. The minimum atomic E-state index is -0.00719. The van der Waals surface area contributed by atoms with Gasteiger partial charge in [-0.1, -0.05) is 35.9 Å². The van der Waals surface area contributed by atoms with Gasteiger partial charge in [-0.25, -0.2) is 9.97 Å². The summed E-state index contributed by atoms with van der Waals surface area (Å²) >= 11 is 6.63. The molecule has 1 amide bonds. The first-order chi connectivity index (χ1) is 19.5. The number of anilines is 2. The number of amides is 1. The number of halogens is 1. The van der Waals surface area contributed by atoms with Crippen LogP contribution in [0.5, 0.6) is 6.01 Å². The number of ether oxygens (including phenoxy) is 1. The topological polar surface area (TPSA) is 87.6 Å². The van der Waals surface area contributed by atoms with E-state index in [0.29, 0.717) is 37.3 Å². The van der Waals surface area contributed by atoms with Crippen molar-refractivity contribution in [3.8, 4) is 6.01 Å². The maximum absolute atomic E-state index is 12.6. The van der Waals surface area contributed by atoms with Crippen molar-refractivity contribution in [3.05, 3.63) is 83.0 Å². The summed E-state index contributed by atoms with van der Waals surface area (Å²) in [5.74, 6) is 1.24. The van der Waals surface area contributed by atoms with Crippen LogP contribution in [-0.4, -0.2) is 71.1 Å². The van der Waals surface area contributed by atoms with E-state index in [2.05, 4.69) is 51.1 Å². The molecule has 2 aliphatic heterocycles. The quantitative estimate of drug-likeness (QED) is 0.313. The summed E-state index contributed by atoms with van der Waals surface area (Å²) in [7, 11) is 3.65. The highest BCUT2D eigenvalue weighted by atomic mass is 35.5. The first-order valence-electron chi connectivity index (χ1n) is 13.3. The Bertz CT molecular complexity index is 1570. The van der Waals surface area contributed by atoms with Crippen LogP contribution in [0.2, 0.25) is 5.02 Å². The van der Waals surface area contributed by atoms with Crippen LogP contribution in [-0.2, 0) is 17.8 Å². The second-order valence-electron chi connectivity index (χ2n) is 10.2. The first kappa shape index (κ1) is 26.0. The maximum atomic E-state index is 12.6. The van der Waals surface area contributed by atoms with Crippen LogP contribution in [0.4, 0.5) is 11.5 Å². The highest BCUT2D eigenvalue weighted by Gasteiger charge is 2.32. The second kappa shape index (κ2) is 11.1. The molecule has 0 bridgehead atoms. The molecule has 0 atom stereocenters. The van der Waals surface area contributed by atoms with E-state index in [1.54, 1.807) is 31.5 Å². The van der Waals surface area contributed by atoms with Gasteiger partial charge in [0.15, 0.2) is 0 Å². The maximum Gasteiger partial charge on any atom is 0.318 e. The summed E-state index contributed by atoms with van der Waals surface area (Å²) in [4.78, 5) is 36.4. The highest BCUT2D eigenvalue weighted by molar-refractivity contribution is 6.36. The fourth-order valence-electron chi connectivity index (χ4n) is 5.54. The van der Waals surface area contributed by atoms with Crippen molar-refractivity contribution < 1.29 is 9.53 Å². The van der Waals surface area contributed by atoms with Crippen molar-refractivity contribution in [3.63, 3.8) is 0 Å². The number of likely N-dealkylation sites (tertiary alicyclic amines) is 1. The minimum absolute atomic E-state index is 0.00719. The summed E-state index contributed by atoms with van der Waals surface area (Å²) < 4.78 is 5.50. The van der Waals surface area contributed by atoms with Gasteiger partial charge in [0.05, 0.1) is 30.1 Å². The SMILES string of the molecule is COc1nc2c(c(N(C)CC3CN(C(=O)/C=C/c4ccncn4)C3)n1)CCN(c1cccc3cccc(Cl)c13)C2. The third-order valence-corrected chi connectivity index (χ3v) is 7.86. The van der Waals surface area contributed by atoms with Gasteiger partial charge >= 0.3 is 6.01 Å².